The van der Waals surface area contributed by atoms with Crippen LogP contribution in [0.4, 0.5) is 5.69 Å². The van der Waals surface area contributed by atoms with E-state index in [2.05, 4.69) is 5.32 Å². The van der Waals surface area contributed by atoms with Crippen molar-refractivity contribution in [1.29, 1.82) is 0 Å². The molecule has 0 bridgehead atoms. The van der Waals surface area contributed by atoms with Crippen LogP contribution in [0.2, 0.25) is 5.02 Å². The minimum Gasteiger partial charge on any atom is -0.497 e. The van der Waals surface area contributed by atoms with E-state index in [1.807, 2.05) is 29.6 Å². The molecule has 4 rings (SSSR count). The number of rotatable bonds is 7. The molecule has 2 atom stereocenters. The third-order valence-electron chi connectivity index (χ3n) is 5.48. The molecular formula is C24H23ClN2O4S. The number of carbonyl (C=O) groups excluding carboxylic acids is 2. The minimum absolute atomic E-state index is 0.141. The third-order valence-corrected chi connectivity index (χ3v) is 6.66. The van der Waals surface area contributed by atoms with Gasteiger partial charge in [0.25, 0.3) is 5.91 Å². The lowest BCUT2D eigenvalue weighted by molar-refractivity contribution is -0.119. The standard InChI is InChI=1S/C24H23ClN2O4S/c1-30-11-10-27-22(20-7-4-12-32-20)21(19-13-15(25)8-9-18(19)24(27)29)23(28)26-16-5-3-6-17(14-16)31-2/h3-9,12-14,21-22H,10-11H2,1-2H3,(H,26,28). The molecule has 2 heterocycles. The first-order valence-electron chi connectivity index (χ1n) is 10.1. The summed E-state index contributed by atoms with van der Waals surface area (Å²) in [7, 11) is 3.17. The number of amides is 2. The van der Waals surface area contributed by atoms with Crippen LogP contribution in [0.3, 0.4) is 0 Å². The maximum absolute atomic E-state index is 13.7. The fraction of sp³-hybridized carbons (Fsp3) is 0.250. The van der Waals surface area contributed by atoms with Crippen LogP contribution in [-0.2, 0) is 9.53 Å². The second kappa shape index (κ2) is 9.73. The first-order valence-corrected chi connectivity index (χ1v) is 11.4. The molecule has 166 valence electrons. The number of ether oxygens (including phenoxy) is 2. The van der Waals surface area contributed by atoms with E-state index in [4.69, 9.17) is 21.1 Å². The highest BCUT2D eigenvalue weighted by atomic mass is 35.5. The summed E-state index contributed by atoms with van der Waals surface area (Å²) in [6.07, 6.45) is 0. The number of hydrogen-bond donors (Lipinski definition) is 1. The molecule has 0 spiro atoms. The van der Waals surface area contributed by atoms with Crippen molar-refractivity contribution >= 4 is 40.4 Å². The highest BCUT2D eigenvalue weighted by Crippen LogP contribution is 2.45. The Hall–Kier alpha value is -2.87. The number of carbonyl (C=O) groups is 2. The Kier molecular flexibility index (Phi) is 6.79. The third kappa shape index (κ3) is 4.37. The molecule has 1 aromatic heterocycles. The van der Waals surface area contributed by atoms with Gasteiger partial charge in [-0.25, -0.2) is 0 Å². The summed E-state index contributed by atoms with van der Waals surface area (Å²) in [6, 6.07) is 15.7. The van der Waals surface area contributed by atoms with Crippen LogP contribution in [0.15, 0.2) is 60.0 Å². The lowest BCUT2D eigenvalue weighted by Crippen LogP contribution is -2.47. The Morgan fingerprint density at radius 3 is 2.72 bits per heavy atom. The number of nitrogens with one attached hydrogen (secondary N) is 1. The molecule has 1 N–H and O–H groups in total. The molecular weight excluding hydrogens is 448 g/mol. The van der Waals surface area contributed by atoms with Crippen molar-refractivity contribution in [2.45, 2.75) is 12.0 Å². The van der Waals surface area contributed by atoms with E-state index in [0.717, 1.165) is 4.88 Å². The molecule has 8 heteroatoms. The summed E-state index contributed by atoms with van der Waals surface area (Å²) in [5, 5.41) is 5.42. The number of thiophene rings is 1. The van der Waals surface area contributed by atoms with Gasteiger partial charge in [-0.1, -0.05) is 23.7 Å². The van der Waals surface area contributed by atoms with Crippen molar-refractivity contribution in [3.63, 3.8) is 0 Å². The second-order valence-electron chi connectivity index (χ2n) is 7.38. The smallest absolute Gasteiger partial charge is 0.254 e. The van der Waals surface area contributed by atoms with Crippen molar-refractivity contribution in [3.05, 3.63) is 81.0 Å². The Morgan fingerprint density at radius 1 is 1.16 bits per heavy atom. The zero-order chi connectivity index (χ0) is 22.7. The van der Waals surface area contributed by atoms with Gasteiger partial charge < -0.3 is 19.7 Å². The van der Waals surface area contributed by atoms with Crippen molar-refractivity contribution in [1.82, 2.24) is 4.90 Å². The monoisotopic (exact) mass is 470 g/mol. The molecule has 3 aromatic rings. The normalized spacial score (nSPS) is 17.7. The average Bonchev–Trinajstić information content (AvgIpc) is 3.32. The van der Waals surface area contributed by atoms with Crippen LogP contribution in [0, 0.1) is 0 Å². The number of hydrogen-bond acceptors (Lipinski definition) is 5. The Labute approximate surface area is 195 Å². The molecule has 1 aliphatic heterocycles. The average molecular weight is 471 g/mol. The molecule has 32 heavy (non-hydrogen) atoms. The summed E-state index contributed by atoms with van der Waals surface area (Å²) in [4.78, 5) is 29.8. The predicted molar refractivity (Wildman–Crippen MR) is 126 cm³/mol. The SMILES string of the molecule is COCCN1C(=O)c2ccc(Cl)cc2C(C(=O)Nc2cccc(OC)c2)C1c1cccs1. The number of methoxy groups -OCH3 is 2. The number of halogens is 1. The van der Waals surface area contributed by atoms with Gasteiger partial charge in [0.1, 0.15) is 5.75 Å². The fourth-order valence-corrected chi connectivity index (χ4v) is 5.08. The summed E-state index contributed by atoms with van der Waals surface area (Å²) in [5.41, 5.74) is 1.71. The van der Waals surface area contributed by atoms with Crippen LogP contribution >= 0.6 is 22.9 Å². The Balaban J connectivity index is 1.81. The molecule has 0 saturated carbocycles. The predicted octanol–water partition coefficient (Wildman–Crippen LogP) is 4.98. The number of nitrogens with zero attached hydrogens (tertiary/aromatic N) is 1. The molecule has 2 unspecified atom stereocenters. The quantitative estimate of drug-likeness (QED) is 0.529. The van der Waals surface area contributed by atoms with Gasteiger partial charge in [0.15, 0.2) is 0 Å². The van der Waals surface area contributed by atoms with E-state index in [1.54, 1.807) is 49.5 Å². The molecule has 0 radical (unpaired) electrons. The van der Waals surface area contributed by atoms with Gasteiger partial charge in [0.2, 0.25) is 5.91 Å². The van der Waals surface area contributed by atoms with Crippen LogP contribution in [0.25, 0.3) is 0 Å². The van der Waals surface area contributed by atoms with Crippen LogP contribution in [-0.4, -0.2) is 44.1 Å². The molecule has 0 saturated heterocycles. The molecule has 0 aliphatic carbocycles. The van der Waals surface area contributed by atoms with Crippen molar-refractivity contribution in [2.75, 3.05) is 32.7 Å². The zero-order valence-electron chi connectivity index (χ0n) is 17.7. The van der Waals surface area contributed by atoms with Gasteiger partial charge in [-0.3, -0.25) is 9.59 Å². The molecule has 2 aromatic carbocycles. The highest BCUT2D eigenvalue weighted by molar-refractivity contribution is 7.10. The van der Waals surface area contributed by atoms with Crippen molar-refractivity contribution < 1.29 is 19.1 Å². The topological polar surface area (TPSA) is 67.9 Å². The lowest BCUT2D eigenvalue weighted by atomic mass is 9.81. The number of anilines is 1. The molecule has 6 nitrogen and oxygen atoms in total. The van der Waals surface area contributed by atoms with E-state index >= 15 is 0 Å². The van der Waals surface area contributed by atoms with Crippen molar-refractivity contribution in [3.8, 4) is 5.75 Å². The van der Waals surface area contributed by atoms with Crippen LogP contribution in [0.5, 0.6) is 5.75 Å². The van der Waals surface area contributed by atoms with E-state index < -0.39 is 12.0 Å². The molecule has 1 aliphatic rings. The first kappa shape index (κ1) is 22.3. The zero-order valence-corrected chi connectivity index (χ0v) is 19.3. The molecule has 0 fully saturated rings. The summed E-state index contributed by atoms with van der Waals surface area (Å²) >= 11 is 7.81. The van der Waals surface area contributed by atoms with E-state index in [9.17, 15) is 9.59 Å². The van der Waals surface area contributed by atoms with Gasteiger partial charge >= 0.3 is 0 Å². The van der Waals surface area contributed by atoms with Gasteiger partial charge in [-0.15, -0.1) is 11.3 Å². The second-order valence-corrected chi connectivity index (χ2v) is 8.80. The van der Waals surface area contributed by atoms with Gasteiger partial charge in [0.05, 0.1) is 25.7 Å². The summed E-state index contributed by atoms with van der Waals surface area (Å²) in [6.45, 7) is 0.726. The van der Waals surface area contributed by atoms with Crippen LogP contribution in [0.1, 0.15) is 32.8 Å². The number of benzene rings is 2. The Morgan fingerprint density at radius 2 is 2.00 bits per heavy atom. The Bertz CT molecular complexity index is 1120. The number of fused-ring (bicyclic) bond motifs is 1. The van der Waals surface area contributed by atoms with Gasteiger partial charge in [0, 0.05) is 40.9 Å². The summed E-state index contributed by atoms with van der Waals surface area (Å²) < 4.78 is 10.5. The van der Waals surface area contributed by atoms with E-state index in [1.165, 1.54) is 11.3 Å². The first-order chi connectivity index (χ1) is 15.5. The van der Waals surface area contributed by atoms with Crippen LogP contribution < -0.4 is 10.1 Å². The van der Waals surface area contributed by atoms with Crippen molar-refractivity contribution in [2.24, 2.45) is 0 Å². The maximum atomic E-state index is 13.7. The fourth-order valence-electron chi connectivity index (χ4n) is 4.03. The largest absolute Gasteiger partial charge is 0.497 e. The minimum atomic E-state index is -0.650. The molecule has 2 amide bonds. The van der Waals surface area contributed by atoms with E-state index in [0.29, 0.717) is 40.7 Å². The van der Waals surface area contributed by atoms with Gasteiger partial charge in [-0.05, 0) is 47.3 Å². The van der Waals surface area contributed by atoms with Gasteiger partial charge in [-0.2, -0.15) is 0 Å². The van der Waals surface area contributed by atoms with E-state index in [-0.39, 0.29) is 11.8 Å². The summed E-state index contributed by atoms with van der Waals surface area (Å²) in [5.74, 6) is -0.377. The lowest BCUT2D eigenvalue weighted by Gasteiger charge is -2.41. The highest BCUT2D eigenvalue weighted by Gasteiger charge is 2.44. The maximum Gasteiger partial charge on any atom is 0.254 e.